The van der Waals surface area contributed by atoms with Crippen molar-refractivity contribution in [3.63, 3.8) is 0 Å². The molecular formula is C18H11BrCl3N3S. The number of halogens is 4. The number of benzene rings is 2. The van der Waals surface area contributed by atoms with E-state index in [2.05, 4.69) is 48.7 Å². The molecule has 0 radical (unpaired) electrons. The highest BCUT2D eigenvalue weighted by atomic mass is 79.9. The van der Waals surface area contributed by atoms with Crippen LogP contribution in [0.4, 0.5) is 11.5 Å². The predicted octanol–water partition coefficient (Wildman–Crippen LogP) is 7.59. The molecule has 0 bridgehead atoms. The van der Waals surface area contributed by atoms with Gasteiger partial charge in [0.25, 0.3) is 0 Å². The topological polar surface area (TPSA) is 37.8 Å². The van der Waals surface area contributed by atoms with Gasteiger partial charge in [-0.15, -0.1) is 23.7 Å². The molecule has 0 unspecified atom stereocenters. The molecule has 8 heteroatoms. The van der Waals surface area contributed by atoms with Crippen molar-refractivity contribution in [2.24, 2.45) is 0 Å². The summed E-state index contributed by atoms with van der Waals surface area (Å²) in [5.41, 5.74) is 3.03. The lowest BCUT2D eigenvalue weighted by atomic mass is 10.1. The number of aromatic nitrogens is 2. The van der Waals surface area contributed by atoms with Gasteiger partial charge in [-0.25, -0.2) is 9.97 Å². The second-order valence-corrected chi connectivity index (χ2v) is 7.90. The molecule has 2 aromatic carbocycles. The van der Waals surface area contributed by atoms with Gasteiger partial charge < -0.3 is 5.32 Å². The molecule has 0 aliphatic carbocycles. The van der Waals surface area contributed by atoms with E-state index < -0.39 is 0 Å². The predicted molar refractivity (Wildman–Crippen MR) is 118 cm³/mol. The van der Waals surface area contributed by atoms with Crippen LogP contribution >= 0.6 is 62.9 Å². The number of rotatable bonds is 3. The molecule has 3 nitrogen and oxygen atoms in total. The zero-order valence-electron chi connectivity index (χ0n) is 13.0. The maximum absolute atomic E-state index is 6.11. The van der Waals surface area contributed by atoms with Gasteiger partial charge in [0.05, 0.1) is 15.4 Å². The van der Waals surface area contributed by atoms with Crippen molar-refractivity contribution < 1.29 is 0 Å². The largest absolute Gasteiger partial charge is 0.340 e. The minimum atomic E-state index is 0. The van der Waals surface area contributed by atoms with Crippen LogP contribution in [0.1, 0.15) is 0 Å². The molecule has 0 spiro atoms. The van der Waals surface area contributed by atoms with Crippen LogP contribution in [0.15, 0.2) is 58.6 Å². The summed E-state index contributed by atoms with van der Waals surface area (Å²) in [5, 5.41) is 7.43. The van der Waals surface area contributed by atoms with Crippen LogP contribution in [-0.4, -0.2) is 9.97 Å². The van der Waals surface area contributed by atoms with Gasteiger partial charge in [0.1, 0.15) is 17.0 Å². The Morgan fingerprint density at radius 1 is 0.962 bits per heavy atom. The van der Waals surface area contributed by atoms with E-state index >= 15 is 0 Å². The van der Waals surface area contributed by atoms with E-state index in [0.717, 1.165) is 37.3 Å². The summed E-state index contributed by atoms with van der Waals surface area (Å²) in [5.74, 6) is 0.738. The number of nitrogens with one attached hydrogen (secondary N) is 1. The Morgan fingerprint density at radius 3 is 2.46 bits per heavy atom. The Kier molecular flexibility index (Phi) is 6.05. The number of thiophene rings is 1. The molecule has 2 aromatic heterocycles. The molecule has 0 amide bonds. The Morgan fingerprint density at radius 2 is 1.73 bits per heavy atom. The van der Waals surface area contributed by atoms with Crippen molar-refractivity contribution in [2.75, 3.05) is 5.32 Å². The fourth-order valence-electron chi connectivity index (χ4n) is 2.52. The molecule has 2 heterocycles. The van der Waals surface area contributed by atoms with Gasteiger partial charge in [-0.1, -0.05) is 51.3 Å². The summed E-state index contributed by atoms with van der Waals surface area (Å²) in [4.78, 5) is 9.75. The summed E-state index contributed by atoms with van der Waals surface area (Å²) < 4.78 is 1.04. The van der Waals surface area contributed by atoms with Crippen LogP contribution < -0.4 is 5.32 Å². The Bertz CT molecular complexity index is 1070. The summed E-state index contributed by atoms with van der Waals surface area (Å²) >= 11 is 17.2. The van der Waals surface area contributed by atoms with Crippen LogP contribution in [0.2, 0.25) is 10.0 Å². The highest BCUT2D eigenvalue weighted by molar-refractivity contribution is 9.10. The molecule has 0 fully saturated rings. The number of nitrogens with zero attached hydrogens (tertiary/aromatic N) is 2. The Hall–Kier alpha value is -1.37. The van der Waals surface area contributed by atoms with Crippen molar-refractivity contribution in [2.45, 2.75) is 0 Å². The van der Waals surface area contributed by atoms with Crippen LogP contribution in [-0.2, 0) is 0 Å². The van der Waals surface area contributed by atoms with Crippen molar-refractivity contribution in [1.82, 2.24) is 9.97 Å². The molecular weight excluding hydrogens is 477 g/mol. The lowest BCUT2D eigenvalue weighted by Crippen LogP contribution is -1.95. The minimum Gasteiger partial charge on any atom is -0.340 e. The fraction of sp³-hybridized carbons (Fsp3) is 0. The van der Waals surface area contributed by atoms with E-state index in [-0.39, 0.29) is 12.4 Å². The summed E-state index contributed by atoms with van der Waals surface area (Å²) in [6, 6.07) is 13.6. The zero-order valence-corrected chi connectivity index (χ0v) is 17.8. The molecule has 26 heavy (non-hydrogen) atoms. The van der Waals surface area contributed by atoms with Crippen molar-refractivity contribution in [3.05, 3.63) is 68.7 Å². The monoisotopic (exact) mass is 485 g/mol. The second kappa shape index (κ2) is 8.11. The van der Waals surface area contributed by atoms with E-state index in [1.54, 1.807) is 29.8 Å². The standard InChI is InChI=1S/C18H10BrCl2N3S.ClH/c19-11-3-1-10(2-4-11)13-8-25-18-16(13)17(22-9-23-18)24-12-5-6-14(20)15(21)7-12;/h1-9H,(H,22,23,24);1H. The van der Waals surface area contributed by atoms with Crippen LogP contribution in [0.25, 0.3) is 21.3 Å². The molecule has 132 valence electrons. The lowest BCUT2D eigenvalue weighted by molar-refractivity contribution is 1.23. The fourth-order valence-corrected chi connectivity index (χ4v) is 4.00. The zero-order chi connectivity index (χ0) is 17.4. The summed E-state index contributed by atoms with van der Waals surface area (Å²) in [6.07, 6.45) is 1.56. The smallest absolute Gasteiger partial charge is 0.143 e. The Balaban J connectivity index is 0.00000196. The maximum atomic E-state index is 6.11. The first-order chi connectivity index (χ1) is 12.1. The normalized spacial score (nSPS) is 10.6. The van der Waals surface area contributed by atoms with Gasteiger partial charge in [0.15, 0.2) is 0 Å². The van der Waals surface area contributed by atoms with Gasteiger partial charge in [0, 0.05) is 21.1 Å². The third-order valence-corrected chi connectivity index (χ3v) is 5.86. The van der Waals surface area contributed by atoms with E-state index in [1.807, 2.05) is 18.2 Å². The van der Waals surface area contributed by atoms with E-state index in [0.29, 0.717) is 10.0 Å². The van der Waals surface area contributed by atoms with E-state index in [9.17, 15) is 0 Å². The van der Waals surface area contributed by atoms with Gasteiger partial charge in [-0.05, 0) is 35.9 Å². The number of hydrogen-bond donors (Lipinski definition) is 1. The molecule has 0 saturated carbocycles. The third-order valence-electron chi connectivity index (χ3n) is 3.71. The summed E-state index contributed by atoms with van der Waals surface area (Å²) in [6.45, 7) is 0. The first kappa shape index (κ1) is 19.4. The molecule has 1 N–H and O–H groups in total. The third kappa shape index (κ3) is 3.82. The van der Waals surface area contributed by atoms with Gasteiger partial charge >= 0.3 is 0 Å². The number of anilines is 2. The molecule has 4 rings (SSSR count). The van der Waals surface area contributed by atoms with Gasteiger partial charge in [-0.3, -0.25) is 0 Å². The van der Waals surface area contributed by atoms with Crippen molar-refractivity contribution >= 4 is 84.6 Å². The quantitative estimate of drug-likeness (QED) is 0.323. The molecule has 0 aliphatic rings. The second-order valence-electron chi connectivity index (χ2n) is 5.31. The van der Waals surface area contributed by atoms with Gasteiger partial charge in [-0.2, -0.15) is 0 Å². The van der Waals surface area contributed by atoms with E-state index in [1.165, 1.54) is 0 Å². The number of fused-ring (bicyclic) bond motifs is 1. The highest BCUT2D eigenvalue weighted by Gasteiger charge is 2.13. The summed E-state index contributed by atoms with van der Waals surface area (Å²) in [7, 11) is 0. The number of hydrogen-bond acceptors (Lipinski definition) is 4. The Labute approximate surface area is 178 Å². The van der Waals surface area contributed by atoms with E-state index in [4.69, 9.17) is 23.2 Å². The molecule has 0 atom stereocenters. The molecule has 4 aromatic rings. The molecule has 0 saturated heterocycles. The van der Waals surface area contributed by atoms with Crippen molar-refractivity contribution in [3.8, 4) is 11.1 Å². The van der Waals surface area contributed by atoms with Crippen LogP contribution in [0.5, 0.6) is 0 Å². The SMILES string of the molecule is Cl.Clc1ccc(Nc2ncnc3scc(-c4ccc(Br)cc4)c23)cc1Cl. The average molecular weight is 488 g/mol. The minimum absolute atomic E-state index is 0. The van der Waals surface area contributed by atoms with Crippen LogP contribution in [0, 0.1) is 0 Å². The first-order valence-electron chi connectivity index (χ1n) is 7.32. The van der Waals surface area contributed by atoms with Crippen molar-refractivity contribution in [1.29, 1.82) is 0 Å². The van der Waals surface area contributed by atoms with Crippen LogP contribution in [0.3, 0.4) is 0 Å². The maximum Gasteiger partial charge on any atom is 0.143 e. The van der Waals surface area contributed by atoms with Gasteiger partial charge in [0.2, 0.25) is 0 Å². The highest BCUT2D eigenvalue weighted by Crippen LogP contribution is 2.38. The molecule has 0 aliphatic heterocycles. The lowest BCUT2D eigenvalue weighted by Gasteiger charge is -2.09. The average Bonchev–Trinajstić information content (AvgIpc) is 3.04. The first-order valence-corrected chi connectivity index (χ1v) is 9.75.